The van der Waals surface area contributed by atoms with Crippen molar-refractivity contribution in [3.8, 4) is 0 Å². The van der Waals surface area contributed by atoms with Crippen LogP contribution in [0, 0.1) is 0 Å². The van der Waals surface area contributed by atoms with E-state index in [0.717, 1.165) is 13.1 Å². The smallest absolute Gasteiger partial charge is 0.0337 e. The lowest BCUT2D eigenvalue weighted by molar-refractivity contribution is 0.399. The van der Waals surface area contributed by atoms with E-state index in [1.54, 1.807) is 0 Å². The van der Waals surface area contributed by atoms with Crippen molar-refractivity contribution in [1.29, 1.82) is 0 Å². The average molecular weight is 232 g/mol. The van der Waals surface area contributed by atoms with Gasteiger partial charge in [0.05, 0.1) is 0 Å². The molecule has 0 fully saturated rings. The number of nitrogens with one attached hydrogen (secondary N) is 2. The molecule has 2 rings (SSSR count). The summed E-state index contributed by atoms with van der Waals surface area (Å²) in [5, 5.41) is 7.31. The van der Waals surface area contributed by atoms with Crippen molar-refractivity contribution in [3.63, 3.8) is 0 Å². The summed E-state index contributed by atoms with van der Waals surface area (Å²) >= 11 is 0. The van der Waals surface area contributed by atoms with Crippen molar-refractivity contribution >= 4 is 0 Å². The molecule has 1 heterocycles. The van der Waals surface area contributed by atoms with Crippen LogP contribution in [0.5, 0.6) is 0 Å². The second kappa shape index (κ2) is 6.18. The normalized spacial score (nSPS) is 20.1. The first-order chi connectivity index (χ1) is 8.35. The van der Waals surface area contributed by atoms with Crippen molar-refractivity contribution in [2.75, 3.05) is 6.54 Å². The summed E-state index contributed by atoms with van der Waals surface area (Å²) in [6.45, 7) is 6.65. The van der Waals surface area contributed by atoms with Gasteiger partial charge >= 0.3 is 0 Å². The third-order valence-electron chi connectivity index (χ3n) is 3.78. The first-order valence-corrected chi connectivity index (χ1v) is 6.89. The number of rotatable bonds is 4. The summed E-state index contributed by atoms with van der Waals surface area (Å²) < 4.78 is 0. The summed E-state index contributed by atoms with van der Waals surface area (Å²) in [7, 11) is 0. The van der Waals surface area contributed by atoms with Gasteiger partial charge in [-0.05, 0) is 36.9 Å². The molecule has 2 nitrogen and oxygen atoms in total. The van der Waals surface area contributed by atoms with E-state index in [2.05, 4.69) is 48.7 Å². The number of hydrogen-bond acceptors (Lipinski definition) is 2. The highest BCUT2D eigenvalue weighted by atomic mass is 15.0. The van der Waals surface area contributed by atoms with E-state index in [-0.39, 0.29) is 0 Å². The Labute approximate surface area is 105 Å². The molecular formula is C15H24N2. The summed E-state index contributed by atoms with van der Waals surface area (Å²) in [5.41, 5.74) is 2.94. The van der Waals surface area contributed by atoms with E-state index in [1.807, 2.05) is 0 Å². The maximum absolute atomic E-state index is 3.81. The van der Waals surface area contributed by atoms with Crippen molar-refractivity contribution < 1.29 is 0 Å². The molecule has 1 aliphatic rings. The van der Waals surface area contributed by atoms with E-state index in [9.17, 15) is 0 Å². The van der Waals surface area contributed by atoms with Gasteiger partial charge in [-0.3, -0.25) is 0 Å². The van der Waals surface area contributed by atoms with Crippen LogP contribution in [0.3, 0.4) is 0 Å². The van der Waals surface area contributed by atoms with Gasteiger partial charge in [0.1, 0.15) is 0 Å². The minimum atomic E-state index is 0.520. The lowest BCUT2D eigenvalue weighted by atomic mass is 9.98. The molecule has 2 N–H and O–H groups in total. The third kappa shape index (κ3) is 3.08. The Balaban J connectivity index is 2.16. The molecule has 0 aromatic heterocycles. The van der Waals surface area contributed by atoms with E-state index < -0.39 is 0 Å². The highest BCUT2D eigenvalue weighted by molar-refractivity contribution is 5.31. The van der Waals surface area contributed by atoms with Gasteiger partial charge in [0.25, 0.3) is 0 Å². The molecule has 0 saturated carbocycles. The average Bonchev–Trinajstić information content (AvgIpc) is 2.58. The van der Waals surface area contributed by atoms with Crippen LogP contribution < -0.4 is 10.6 Å². The predicted molar refractivity (Wildman–Crippen MR) is 73.0 cm³/mol. The fourth-order valence-corrected chi connectivity index (χ4v) is 2.64. The molecule has 0 saturated heterocycles. The van der Waals surface area contributed by atoms with Crippen molar-refractivity contribution in [3.05, 3.63) is 35.4 Å². The molecule has 0 amide bonds. The van der Waals surface area contributed by atoms with Gasteiger partial charge in [0.15, 0.2) is 0 Å². The molecule has 1 aliphatic heterocycles. The third-order valence-corrected chi connectivity index (χ3v) is 3.78. The molecule has 0 radical (unpaired) electrons. The van der Waals surface area contributed by atoms with Crippen LogP contribution in [-0.2, 0) is 6.54 Å². The lowest BCUT2D eigenvalue weighted by Crippen LogP contribution is -2.32. The zero-order valence-electron chi connectivity index (χ0n) is 11.0. The number of benzene rings is 1. The molecule has 17 heavy (non-hydrogen) atoms. The summed E-state index contributed by atoms with van der Waals surface area (Å²) in [6, 6.07) is 9.99. The molecule has 1 atom stereocenters. The van der Waals surface area contributed by atoms with Crippen LogP contribution >= 0.6 is 0 Å². The zero-order valence-corrected chi connectivity index (χ0v) is 11.0. The second-order valence-electron chi connectivity index (χ2n) is 4.90. The Hall–Kier alpha value is -0.860. The highest BCUT2D eigenvalue weighted by Gasteiger charge is 2.19. The molecule has 94 valence electrons. The van der Waals surface area contributed by atoms with Gasteiger partial charge in [0, 0.05) is 18.6 Å². The van der Waals surface area contributed by atoms with Crippen LogP contribution in [-0.4, -0.2) is 12.6 Å². The van der Waals surface area contributed by atoms with Gasteiger partial charge in [-0.2, -0.15) is 0 Å². The maximum Gasteiger partial charge on any atom is 0.0337 e. The van der Waals surface area contributed by atoms with Crippen LogP contribution in [0.2, 0.25) is 0 Å². The van der Waals surface area contributed by atoms with E-state index in [4.69, 9.17) is 0 Å². The van der Waals surface area contributed by atoms with Crippen molar-refractivity contribution in [2.45, 2.75) is 51.7 Å². The van der Waals surface area contributed by atoms with Gasteiger partial charge in [-0.25, -0.2) is 0 Å². The molecule has 1 aromatic rings. The summed E-state index contributed by atoms with van der Waals surface area (Å²) in [6.07, 6.45) is 3.61. The molecule has 0 aliphatic carbocycles. The highest BCUT2D eigenvalue weighted by Crippen LogP contribution is 2.24. The summed E-state index contributed by atoms with van der Waals surface area (Å²) in [5.74, 6) is 0. The number of hydrogen-bond donors (Lipinski definition) is 2. The Morgan fingerprint density at radius 1 is 1.29 bits per heavy atom. The molecule has 2 heteroatoms. The molecule has 1 aromatic carbocycles. The lowest BCUT2D eigenvalue weighted by Gasteiger charge is -2.24. The Bertz CT molecular complexity index is 345. The fourth-order valence-electron chi connectivity index (χ4n) is 2.64. The first kappa shape index (κ1) is 12.6. The van der Waals surface area contributed by atoms with Crippen LogP contribution in [0.25, 0.3) is 0 Å². The topological polar surface area (TPSA) is 24.1 Å². The van der Waals surface area contributed by atoms with Gasteiger partial charge in [0.2, 0.25) is 0 Å². The maximum atomic E-state index is 3.81. The van der Waals surface area contributed by atoms with E-state index in [1.165, 1.54) is 30.4 Å². The second-order valence-corrected chi connectivity index (χ2v) is 4.90. The zero-order chi connectivity index (χ0) is 12.1. The van der Waals surface area contributed by atoms with E-state index >= 15 is 0 Å². The Kier molecular flexibility index (Phi) is 4.57. The minimum absolute atomic E-state index is 0.520. The molecule has 1 unspecified atom stereocenters. The van der Waals surface area contributed by atoms with E-state index in [0.29, 0.717) is 12.1 Å². The SMILES string of the molecule is CCC(CC)NC1CCNCc2ccccc21. The van der Waals surface area contributed by atoms with Crippen LogP contribution in [0.1, 0.15) is 50.3 Å². The van der Waals surface area contributed by atoms with Gasteiger partial charge in [-0.1, -0.05) is 38.1 Å². The van der Waals surface area contributed by atoms with Crippen LogP contribution in [0.15, 0.2) is 24.3 Å². The summed E-state index contributed by atoms with van der Waals surface area (Å²) in [4.78, 5) is 0. The van der Waals surface area contributed by atoms with Crippen LogP contribution in [0.4, 0.5) is 0 Å². The van der Waals surface area contributed by atoms with Gasteiger partial charge in [-0.15, -0.1) is 0 Å². The number of fused-ring (bicyclic) bond motifs is 1. The minimum Gasteiger partial charge on any atom is -0.313 e. The first-order valence-electron chi connectivity index (χ1n) is 6.89. The van der Waals surface area contributed by atoms with Gasteiger partial charge < -0.3 is 10.6 Å². The van der Waals surface area contributed by atoms with Crippen molar-refractivity contribution in [1.82, 2.24) is 10.6 Å². The fraction of sp³-hybridized carbons (Fsp3) is 0.600. The quantitative estimate of drug-likeness (QED) is 0.834. The largest absolute Gasteiger partial charge is 0.313 e. The van der Waals surface area contributed by atoms with Crippen molar-refractivity contribution in [2.24, 2.45) is 0 Å². The standard InChI is InChI=1S/C15H24N2/c1-3-13(4-2)17-15-9-10-16-11-12-7-5-6-8-14(12)15/h5-8,13,15-17H,3-4,9-11H2,1-2H3. The Morgan fingerprint density at radius 3 is 2.82 bits per heavy atom. The predicted octanol–water partition coefficient (Wildman–Crippen LogP) is 3.00. The Morgan fingerprint density at radius 2 is 2.06 bits per heavy atom. The molecule has 0 spiro atoms. The molecule has 0 bridgehead atoms. The monoisotopic (exact) mass is 232 g/mol. The molecular weight excluding hydrogens is 208 g/mol.